The van der Waals surface area contributed by atoms with Crippen molar-refractivity contribution < 1.29 is 9.90 Å². The summed E-state index contributed by atoms with van der Waals surface area (Å²) in [4.78, 5) is 11.1. The average Bonchev–Trinajstić information content (AvgIpc) is 1.93. The molecule has 1 aliphatic rings. The van der Waals surface area contributed by atoms with Crippen molar-refractivity contribution in [2.75, 3.05) is 0 Å². The highest BCUT2D eigenvalue weighted by Gasteiger charge is 2.51. The fraction of sp³-hybridized carbons (Fsp3) is 0.909. The lowest BCUT2D eigenvalue weighted by molar-refractivity contribution is -0.153. The number of carbonyl (C=O) groups is 1. The van der Waals surface area contributed by atoms with E-state index >= 15 is 0 Å². The van der Waals surface area contributed by atoms with Crippen molar-refractivity contribution in [3.05, 3.63) is 0 Å². The number of nitrogens with one attached hydrogen (secondary N) is 1. The molecule has 0 heterocycles. The second-order valence-electron chi connectivity index (χ2n) is 5.10. The maximum Gasteiger partial charge on any atom is 0.323 e. The van der Waals surface area contributed by atoms with Crippen molar-refractivity contribution in [1.29, 1.82) is 0 Å². The molecule has 0 aromatic carbocycles. The highest BCUT2D eigenvalue weighted by Crippen LogP contribution is 2.42. The van der Waals surface area contributed by atoms with Crippen LogP contribution >= 0.6 is 0 Å². The molecule has 0 unspecified atom stereocenters. The Morgan fingerprint density at radius 2 is 1.86 bits per heavy atom. The SMILES string of the molecule is CC(C)NC1(C(=O)O)CC(C(C)C)C1. The Morgan fingerprint density at radius 3 is 2.14 bits per heavy atom. The van der Waals surface area contributed by atoms with Gasteiger partial charge in [-0.05, 0) is 38.5 Å². The summed E-state index contributed by atoms with van der Waals surface area (Å²) >= 11 is 0. The van der Waals surface area contributed by atoms with E-state index in [1.54, 1.807) is 0 Å². The van der Waals surface area contributed by atoms with Crippen molar-refractivity contribution in [3.63, 3.8) is 0 Å². The molecule has 0 aromatic rings. The van der Waals surface area contributed by atoms with E-state index in [0.717, 1.165) is 12.8 Å². The summed E-state index contributed by atoms with van der Waals surface area (Å²) in [5.41, 5.74) is -0.636. The normalized spacial score (nSPS) is 32.0. The molecule has 0 aromatic heterocycles. The van der Waals surface area contributed by atoms with Gasteiger partial charge in [-0.15, -0.1) is 0 Å². The molecule has 14 heavy (non-hydrogen) atoms. The maximum atomic E-state index is 11.1. The van der Waals surface area contributed by atoms with Gasteiger partial charge >= 0.3 is 5.97 Å². The van der Waals surface area contributed by atoms with Crippen molar-refractivity contribution >= 4 is 5.97 Å². The highest BCUT2D eigenvalue weighted by molar-refractivity contribution is 5.80. The zero-order valence-corrected chi connectivity index (χ0v) is 9.50. The minimum atomic E-state index is -0.692. The first kappa shape index (κ1) is 11.5. The Labute approximate surface area is 85.9 Å². The quantitative estimate of drug-likeness (QED) is 0.726. The Kier molecular flexibility index (Phi) is 3.20. The minimum Gasteiger partial charge on any atom is -0.480 e. The van der Waals surface area contributed by atoms with Crippen LogP contribution in [-0.4, -0.2) is 22.7 Å². The van der Waals surface area contributed by atoms with Gasteiger partial charge in [0.1, 0.15) is 5.54 Å². The van der Waals surface area contributed by atoms with Gasteiger partial charge in [0.25, 0.3) is 0 Å². The summed E-state index contributed by atoms with van der Waals surface area (Å²) in [5, 5.41) is 12.3. The largest absolute Gasteiger partial charge is 0.480 e. The molecule has 0 aliphatic heterocycles. The molecule has 2 N–H and O–H groups in total. The number of carboxylic acid groups (broad SMARTS) is 1. The van der Waals surface area contributed by atoms with Gasteiger partial charge in [-0.25, -0.2) is 0 Å². The summed E-state index contributed by atoms with van der Waals surface area (Å²) in [6, 6.07) is 0.235. The molecule has 82 valence electrons. The average molecular weight is 199 g/mol. The van der Waals surface area contributed by atoms with Crippen LogP contribution in [0.1, 0.15) is 40.5 Å². The molecule has 1 rings (SSSR count). The van der Waals surface area contributed by atoms with Gasteiger partial charge in [0.15, 0.2) is 0 Å². The van der Waals surface area contributed by atoms with E-state index in [9.17, 15) is 4.79 Å². The molecule has 1 saturated carbocycles. The minimum absolute atomic E-state index is 0.235. The van der Waals surface area contributed by atoms with Crippen LogP contribution < -0.4 is 5.32 Å². The van der Waals surface area contributed by atoms with Gasteiger partial charge in [0, 0.05) is 6.04 Å². The van der Waals surface area contributed by atoms with Gasteiger partial charge in [-0.2, -0.15) is 0 Å². The van der Waals surface area contributed by atoms with Crippen molar-refractivity contribution in [2.24, 2.45) is 11.8 Å². The molecule has 0 spiro atoms. The Bertz CT molecular complexity index is 217. The molecule has 1 fully saturated rings. The molecule has 0 amide bonds. The summed E-state index contributed by atoms with van der Waals surface area (Å²) in [7, 11) is 0. The lowest BCUT2D eigenvalue weighted by Gasteiger charge is -2.47. The van der Waals surface area contributed by atoms with Crippen LogP contribution in [0.15, 0.2) is 0 Å². The summed E-state index contributed by atoms with van der Waals surface area (Å²) in [6.07, 6.45) is 1.55. The predicted octanol–water partition coefficient (Wildman–Crippen LogP) is 1.87. The fourth-order valence-electron chi connectivity index (χ4n) is 2.21. The van der Waals surface area contributed by atoms with E-state index in [4.69, 9.17) is 5.11 Å². The van der Waals surface area contributed by atoms with Crippen LogP contribution in [-0.2, 0) is 4.79 Å². The standard InChI is InChI=1S/C11H21NO2/c1-7(2)9-5-11(6-9,10(13)14)12-8(3)4/h7-9,12H,5-6H2,1-4H3,(H,13,14). The van der Waals surface area contributed by atoms with Gasteiger partial charge < -0.3 is 5.11 Å². The van der Waals surface area contributed by atoms with Crippen LogP contribution in [0.5, 0.6) is 0 Å². The van der Waals surface area contributed by atoms with E-state index < -0.39 is 11.5 Å². The molecule has 0 bridgehead atoms. The van der Waals surface area contributed by atoms with Crippen LogP contribution in [0, 0.1) is 11.8 Å². The Balaban J connectivity index is 2.58. The first-order valence-corrected chi connectivity index (χ1v) is 5.38. The lowest BCUT2D eigenvalue weighted by atomic mass is 9.64. The van der Waals surface area contributed by atoms with E-state index in [0.29, 0.717) is 11.8 Å². The third kappa shape index (κ3) is 2.08. The number of hydrogen-bond acceptors (Lipinski definition) is 2. The predicted molar refractivity (Wildman–Crippen MR) is 56.2 cm³/mol. The highest BCUT2D eigenvalue weighted by atomic mass is 16.4. The number of carboxylic acids is 1. The van der Waals surface area contributed by atoms with Gasteiger partial charge in [0.2, 0.25) is 0 Å². The third-order valence-electron chi connectivity index (χ3n) is 3.14. The maximum absolute atomic E-state index is 11.1. The molecule has 3 nitrogen and oxygen atoms in total. The molecule has 0 saturated heterocycles. The number of rotatable bonds is 4. The van der Waals surface area contributed by atoms with Crippen LogP contribution in [0.3, 0.4) is 0 Å². The number of hydrogen-bond donors (Lipinski definition) is 2. The summed E-state index contributed by atoms with van der Waals surface area (Å²) in [5.74, 6) is 0.469. The molecule has 1 aliphatic carbocycles. The van der Waals surface area contributed by atoms with Crippen molar-refractivity contribution in [3.8, 4) is 0 Å². The van der Waals surface area contributed by atoms with Crippen molar-refractivity contribution in [2.45, 2.75) is 52.1 Å². The second-order valence-corrected chi connectivity index (χ2v) is 5.10. The first-order valence-electron chi connectivity index (χ1n) is 5.38. The van der Waals surface area contributed by atoms with Gasteiger partial charge in [-0.1, -0.05) is 13.8 Å². The third-order valence-corrected chi connectivity index (χ3v) is 3.14. The molecule has 0 atom stereocenters. The van der Waals surface area contributed by atoms with E-state index in [-0.39, 0.29) is 6.04 Å². The van der Waals surface area contributed by atoms with E-state index in [2.05, 4.69) is 19.2 Å². The van der Waals surface area contributed by atoms with Gasteiger partial charge in [0.05, 0.1) is 0 Å². The topological polar surface area (TPSA) is 49.3 Å². The summed E-state index contributed by atoms with van der Waals surface area (Å²) < 4.78 is 0. The second kappa shape index (κ2) is 3.89. The molecular weight excluding hydrogens is 178 g/mol. The summed E-state index contributed by atoms with van der Waals surface area (Å²) in [6.45, 7) is 8.30. The Hall–Kier alpha value is -0.570. The molecular formula is C11H21NO2. The van der Waals surface area contributed by atoms with Crippen LogP contribution in [0.2, 0.25) is 0 Å². The smallest absolute Gasteiger partial charge is 0.323 e. The number of aliphatic carboxylic acids is 1. The van der Waals surface area contributed by atoms with Crippen LogP contribution in [0.4, 0.5) is 0 Å². The monoisotopic (exact) mass is 199 g/mol. The Morgan fingerprint density at radius 1 is 1.36 bits per heavy atom. The van der Waals surface area contributed by atoms with Crippen molar-refractivity contribution in [1.82, 2.24) is 5.32 Å². The first-order chi connectivity index (χ1) is 6.37. The van der Waals surface area contributed by atoms with Gasteiger partial charge in [-0.3, -0.25) is 10.1 Å². The molecule has 0 radical (unpaired) electrons. The lowest BCUT2D eigenvalue weighted by Crippen LogP contribution is -2.63. The van der Waals surface area contributed by atoms with E-state index in [1.165, 1.54) is 0 Å². The fourth-order valence-corrected chi connectivity index (χ4v) is 2.21. The van der Waals surface area contributed by atoms with E-state index in [1.807, 2.05) is 13.8 Å². The molecule has 3 heteroatoms. The zero-order valence-electron chi connectivity index (χ0n) is 9.50. The van der Waals surface area contributed by atoms with Crippen LogP contribution in [0.25, 0.3) is 0 Å². The zero-order chi connectivity index (χ0) is 10.9.